The van der Waals surface area contributed by atoms with Gasteiger partial charge in [-0.2, -0.15) is 0 Å². The molecule has 7 nitrogen and oxygen atoms in total. The quantitative estimate of drug-likeness (QED) is 0.577. The number of nitrogens with zero attached hydrogens (tertiary/aromatic N) is 1. The van der Waals surface area contributed by atoms with E-state index in [1.54, 1.807) is 6.07 Å². The monoisotopic (exact) mass is 452 g/mol. The van der Waals surface area contributed by atoms with E-state index < -0.39 is 28.5 Å². The van der Waals surface area contributed by atoms with Crippen molar-refractivity contribution in [1.29, 1.82) is 0 Å². The summed E-state index contributed by atoms with van der Waals surface area (Å²) in [5.74, 6) is -1.21. The van der Waals surface area contributed by atoms with Gasteiger partial charge in [0.05, 0.1) is 5.02 Å². The van der Waals surface area contributed by atoms with Crippen molar-refractivity contribution < 1.29 is 22.7 Å². The van der Waals surface area contributed by atoms with Crippen molar-refractivity contribution in [3.8, 4) is 0 Å². The Balaban J connectivity index is 1.65. The molecule has 1 heterocycles. The number of hydrogen-bond acceptors (Lipinski definition) is 6. The number of rotatable bonds is 6. The van der Waals surface area contributed by atoms with E-state index in [2.05, 4.69) is 5.32 Å². The number of fused-ring (bicyclic) bond motifs is 1. The van der Waals surface area contributed by atoms with E-state index in [1.807, 2.05) is 24.3 Å². The lowest BCUT2D eigenvalue weighted by molar-refractivity contribution is -0.119. The third-order valence-electron chi connectivity index (χ3n) is 3.93. The van der Waals surface area contributed by atoms with Crippen LogP contribution in [-0.4, -0.2) is 45.3 Å². The molecule has 1 amide bonds. The van der Waals surface area contributed by atoms with Crippen molar-refractivity contribution in [2.75, 3.05) is 26.0 Å². The largest absolute Gasteiger partial charge is 0.451 e. The number of thiophene rings is 1. The molecule has 0 aliphatic carbocycles. The maximum absolute atomic E-state index is 12.3. The number of benzene rings is 2. The van der Waals surface area contributed by atoms with E-state index in [4.69, 9.17) is 16.3 Å². The van der Waals surface area contributed by atoms with Gasteiger partial charge in [0.2, 0.25) is 10.0 Å². The highest BCUT2D eigenvalue weighted by molar-refractivity contribution is 7.89. The molecule has 0 atom stereocenters. The average Bonchev–Trinajstić information content (AvgIpc) is 3.11. The second-order valence-corrected chi connectivity index (χ2v) is 9.82. The van der Waals surface area contributed by atoms with Crippen LogP contribution >= 0.6 is 22.9 Å². The number of nitrogens with one attached hydrogen (secondary N) is 1. The molecule has 0 fully saturated rings. The maximum atomic E-state index is 12.3. The van der Waals surface area contributed by atoms with Crippen molar-refractivity contribution in [1.82, 2.24) is 4.31 Å². The second-order valence-electron chi connectivity index (χ2n) is 6.21. The molecule has 2 aromatic carbocycles. The van der Waals surface area contributed by atoms with Gasteiger partial charge in [0.1, 0.15) is 9.77 Å². The average molecular weight is 453 g/mol. The van der Waals surface area contributed by atoms with Gasteiger partial charge >= 0.3 is 5.97 Å². The number of hydrogen-bond donors (Lipinski definition) is 1. The Morgan fingerprint density at radius 3 is 2.55 bits per heavy atom. The predicted octanol–water partition coefficient (Wildman–Crippen LogP) is 3.60. The summed E-state index contributed by atoms with van der Waals surface area (Å²) in [6.45, 7) is -0.508. The van der Waals surface area contributed by atoms with Gasteiger partial charge in [-0.1, -0.05) is 29.8 Å². The Hall–Kier alpha value is -2.46. The lowest BCUT2D eigenvalue weighted by atomic mass is 10.2. The van der Waals surface area contributed by atoms with Crippen LogP contribution in [0.25, 0.3) is 10.1 Å². The van der Waals surface area contributed by atoms with Crippen molar-refractivity contribution in [2.24, 2.45) is 0 Å². The first-order chi connectivity index (χ1) is 13.7. The minimum Gasteiger partial charge on any atom is -0.451 e. The minimum atomic E-state index is -3.77. The van der Waals surface area contributed by atoms with E-state index in [-0.39, 0.29) is 15.6 Å². The summed E-state index contributed by atoms with van der Waals surface area (Å²) in [5, 5.41) is 3.46. The molecule has 1 aromatic heterocycles. The first-order valence-corrected chi connectivity index (χ1v) is 11.0. The molecule has 0 spiro atoms. The molecule has 0 aliphatic rings. The molecule has 1 N–H and O–H groups in total. The summed E-state index contributed by atoms with van der Waals surface area (Å²) >= 11 is 7.26. The SMILES string of the molecule is CN(C)S(=O)(=O)c1cc(NC(=O)COC(=O)c2cc3ccccc3s2)ccc1Cl. The van der Waals surface area contributed by atoms with Crippen LogP contribution in [0.2, 0.25) is 5.02 Å². The van der Waals surface area contributed by atoms with Crippen molar-refractivity contribution >= 4 is 60.6 Å². The highest BCUT2D eigenvalue weighted by atomic mass is 35.5. The number of sulfonamides is 1. The van der Waals surface area contributed by atoms with Crippen LogP contribution in [0.5, 0.6) is 0 Å². The number of halogens is 1. The van der Waals surface area contributed by atoms with Gasteiger partial charge < -0.3 is 10.1 Å². The molecular formula is C19H17ClN2O5S2. The number of amides is 1. The summed E-state index contributed by atoms with van der Waals surface area (Å²) in [7, 11) is -1.02. The van der Waals surface area contributed by atoms with Crippen LogP contribution in [0, 0.1) is 0 Å². The smallest absolute Gasteiger partial charge is 0.348 e. The van der Waals surface area contributed by atoms with Crippen LogP contribution in [0.3, 0.4) is 0 Å². The normalized spacial score (nSPS) is 11.6. The third kappa shape index (κ3) is 4.76. The first-order valence-electron chi connectivity index (χ1n) is 8.36. The molecule has 152 valence electrons. The zero-order valence-corrected chi connectivity index (χ0v) is 17.9. The highest BCUT2D eigenvalue weighted by Crippen LogP contribution is 2.27. The van der Waals surface area contributed by atoms with E-state index in [0.29, 0.717) is 4.88 Å². The summed E-state index contributed by atoms with van der Waals surface area (Å²) in [6, 6.07) is 13.3. The van der Waals surface area contributed by atoms with E-state index >= 15 is 0 Å². The summed E-state index contributed by atoms with van der Waals surface area (Å²) < 4.78 is 31.6. The fraction of sp³-hybridized carbons (Fsp3) is 0.158. The molecule has 0 saturated heterocycles. The van der Waals surface area contributed by atoms with Gasteiger partial charge in [-0.05, 0) is 35.7 Å². The van der Waals surface area contributed by atoms with E-state index in [0.717, 1.165) is 14.4 Å². The van der Waals surface area contributed by atoms with Crippen LogP contribution < -0.4 is 5.32 Å². The van der Waals surface area contributed by atoms with E-state index in [1.165, 1.54) is 43.6 Å². The zero-order chi connectivity index (χ0) is 21.2. The second kappa shape index (κ2) is 8.50. The highest BCUT2D eigenvalue weighted by Gasteiger charge is 2.21. The van der Waals surface area contributed by atoms with Gasteiger partial charge in [0.15, 0.2) is 6.61 Å². The molecule has 0 unspecified atom stereocenters. The van der Waals surface area contributed by atoms with Crippen LogP contribution in [0.15, 0.2) is 53.4 Å². The predicted molar refractivity (Wildman–Crippen MR) is 113 cm³/mol. The van der Waals surface area contributed by atoms with Crippen LogP contribution in [-0.2, 0) is 19.6 Å². The maximum Gasteiger partial charge on any atom is 0.348 e. The number of esters is 1. The molecule has 3 rings (SSSR count). The Morgan fingerprint density at radius 2 is 1.86 bits per heavy atom. The third-order valence-corrected chi connectivity index (χ3v) is 7.33. The van der Waals surface area contributed by atoms with Crippen LogP contribution in [0.4, 0.5) is 5.69 Å². The fourth-order valence-electron chi connectivity index (χ4n) is 2.46. The molecule has 0 aliphatic heterocycles. The van der Waals surface area contributed by atoms with Crippen LogP contribution in [0.1, 0.15) is 9.67 Å². The van der Waals surface area contributed by atoms with Crippen molar-refractivity contribution in [3.05, 3.63) is 58.4 Å². The zero-order valence-electron chi connectivity index (χ0n) is 15.5. The standard InChI is InChI=1S/C19H17ClN2O5S2/c1-22(2)29(25,26)17-10-13(7-8-14(17)20)21-18(23)11-27-19(24)16-9-12-5-3-4-6-15(12)28-16/h3-10H,11H2,1-2H3,(H,21,23). The summed E-state index contributed by atoms with van der Waals surface area (Å²) in [4.78, 5) is 24.6. The molecule has 29 heavy (non-hydrogen) atoms. The van der Waals surface area contributed by atoms with Gasteiger partial charge in [-0.25, -0.2) is 17.5 Å². The minimum absolute atomic E-state index is 0.0351. The number of carbonyl (C=O) groups is 2. The topological polar surface area (TPSA) is 92.8 Å². The van der Waals surface area contributed by atoms with Crippen molar-refractivity contribution in [2.45, 2.75) is 4.90 Å². The Bertz CT molecular complexity index is 1160. The number of carbonyl (C=O) groups excluding carboxylic acids is 2. The fourth-order valence-corrected chi connectivity index (χ4v) is 4.81. The summed E-state index contributed by atoms with van der Waals surface area (Å²) in [6.07, 6.45) is 0. The van der Waals surface area contributed by atoms with Gasteiger partial charge in [0, 0.05) is 24.5 Å². The van der Waals surface area contributed by atoms with Gasteiger partial charge in [-0.15, -0.1) is 11.3 Å². The van der Waals surface area contributed by atoms with Crippen molar-refractivity contribution in [3.63, 3.8) is 0 Å². The lowest BCUT2D eigenvalue weighted by Crippen LogP contribution is -2.23. The first kappa shape index (κ1) is 21.3. The molecule has 10 heteroatoms. The number of ether oxygens (including phenoxy) is 1. The summed E-state index contributed by atoms with van der Waals surface area (Å²) in [5.41, 5.74) is 0.220. The molecule has 3 aromatic rings. The molecule has 0 radical (unpaired) electrons. The van der Waals surface area contributed by atoms with Gasteiger partial charge in [-0.3, -0.25) is 4.79 Å². The Kier molecular flexibility index (Phi) is 6.23. The van der Waals surface area contributed by atoms with E-state index in [9.17, 15) is 18.0 Å². The Labute approximate surface area is 176 Å². The Morgan fingerprint density at radius 1 is 1.14 bits per heavy atom. The molecule has 0 saturated carbocycles. The molecular weight excluding hydrogens is 436 g/mol. The lowest BCUT2D eigenvalue weighted by Gasteiger charge is -2.14. The van der Waals surface area contributed by atoms with Gasteiger partial charge in [0.25, 0.3) is 5.91 Å². The molecule has 0 bridgehead atoms. The number of anilines is 1.